The second-order valence-corrected chi connectivity index (χ2v) is 5.98. The first-order valence-corrected chi connectivity index (χ1v) is 7.80. The second kappa shape index (κ2) is 7.41. The molecule has 2 nitrogen and oxygen atoms in total. The van der Waals surface area contributed by atoms with E-state index in [9.17, 15) is 0 Å². The summed E-state index contributed by atoms with van der Waals surface area (Å²) in [5.74, 6) is 0.618. The lowest BCUT2D eigenvalue weighted by Gasteiger charge is -2.16. The van der Waals surface area contributed by atoms with Crippen LogP contribution in [0.1, 0.15) is 23.1 Å². The van der Waals surface area contributed by atoms with Crippen LogP contribution in [0.5, 0.6) is 0 Å². The van der Waals surface area contributed by atoms with Gasteiger partial charge in [0.05, 0.1) is 5.01 Å². The van der Waals surface area contributed by atoms with E-state index in [-0.39, 0.29) is 0 Å². The minimum atomic E-state index is 0.618. The number of benzene rings is 1. The topological polar surface area (TPSA) is 24.9 Å². The summed E-state index contributed by atoms with van der Waals surface area (Å²) in [5.41, 5.74) is 2.77. The molecule has 0 aliphatic rings. The quantitative estimate of drug-likeness (QED) is 0.836. The molecule has 3 heteroatoms. The number of thiazole rings is 1. The Kier molecular flexibility index (Phi) is 5.55. The number of nitrogens with one attached hydrogen (secondary N) is 1. The van der Waals surface area contributed by atoms with Crippen LogP contribution in [0.25, 0.3) is 0 Å². The Morgan fingerprint density at radius 3 is 2.89 bits per heavy atom. The molecule has 0 saturated heterocycles. The Bertz CT molecular complexity index is 479. The lowest BCUT2D eigenvalue weighted by atomic mass is 9.95. The van der Waals surface area contributed by atoms with Crippen LogP contribution in [0.4, 0.5) is 0 Å². The van der Waals surface area contributed by atoms with Gasteiger partial charge in [0.1, 0.15) is 0 Å². The zero-order valence-electron chi connectivity index (χ0n) is 11.7. The van der Waals surface area contributed by atoms with Gasteiger partial charge in [-0.05, 0) is 37.9 Å². The maximum atomic E-state index is 4.41. The first-order chi connectivity index (χ1) is 9.28. The molecule has 1 atom stereocenters. The third-order valence-electron chi connectivity index (χ3n) is 3.24. The fourth-order valence-corrected chi connectivity index (χ4v) is 3.07. The summed E-state index contributed by atoms with van der Waals surface area (Å²) in [5, 5.41) is 6.78. The van der Waals surface area contributed by atoms with Crippen LogP contribution in [0.15, 0.2) is 35.8 Å². The van der Waals surface area contributed by atoms with Crippen molar-refractivity contribution in [1.82, 2.24) is 10.3 Å². The molecule has 0 fully saturated rings. The summed E-state index contributed by atoms with van der Waals surface area (Å²) in [6.45, 7) is 6.41. The first-order valence-electron chi connectivity index (χ1n) is 6.92. The van der Waals surface area contributed by atoms with Crippen molar-refractivity contribution >= 4 is 11.3 Å². The molecule has 0 radical (unpaired) electrons. The van der Waals surface area contributed by atoms with E-state index in [1.807, 2.05) is 6.20 Å². The molecule has 1 heterocycles. The Morgan fingerprint density at radius 2 is 2.21 bits per heavy atom. The summed E-state index contributed by atoms with van der Waals surface area (Å²) in [6, 6.07) is 8.83. The highest BCUT2D eigenvalue weighted by Gasteiger charge is 2.12. The molecule has 0 amide bonds. The maximum Gasteiger partial charge on any atom is 0.0928 e. The number of aromatic nitrogens is 1. The molecule has 1 aromatic carbocycles. The van der Waals surface area contributed by atoms with Crippen molar-refractivity contribution in [2.75, 3.05) is 13.1 Å². The van der Waals surface area contributed by atoms with E-state index in [2.05, 4.69) is 53.8 Å². The highest BCUT2D eigenvalue weighted by Crippen LogP contribution is 2.16. The normalized spacial score (nSPS) is 12.5. The fourth-order valence-electron chi connectivity index (χ4n) is 2.34. The maximum absolute atomic E-state index is 4.41. The van der Waals surface area contributed by atoms with Crippen LogP contribution >= 0.6 is 11.3 Å². The Hall–Kier alpha value is -1.19. The summed E-state index contributed by atoms with van der Waals surface area (Å²) in [7, 11) is 0. The van der Waals surface area contributed by atoms with Crippen LogP contribution in [-0.4, -0.2) is 18.1 Å². The van der Waals surface area contributed by atoms with Crippen molar-refractivity contribution in [3.63, 3.8) is 0 Å². The highest BCUT2D eigenvalue weighted by atomic mass is 32.1. The molecule has 1 unspecified atom stereocenters. The van der Waals surface area contributed by atoms with E-state index >= 15 is 0 Å². The SMILES string of the molecule is CCNCC(Cc1cccc(C)c1)Cc1nccs1. The van der Waals surface area contributed by atoms with Gasteiger partial charge in [0.2, 0.25) is 0 Å². The predicted octanol–water partition coefficient (Wildman–Crippen LogP) is 3.46. The molecule has 0 aliphatic carbocycles. The number of nitrogens with zero attached hydrogens (tertiary/aromatic N) is 1. The minimum absolute atomic E-state index is 0.618. The van der Waals surface area contributed by atoms with E-state index < -0.39 is 0 Å². The zero-order valence-corrected chi connectivity index (χ0v) is 12.5. The molecule has 0 spiro atoms. The molecule has 102 valence electrons. The Balaban J connectivity index is 2.00. The standard InChI is InChI=1S/C16H22N2S/c1-3-17-12-15(11-16-18-7-8-19-16)10-14-6-4-5-13(2)9-14/h4-9,15,17H,3,10-12H2,1-2H3. The predicted molar refractivity (Wildman–Crippen MR) is 82.7 cm³/mol. The molecule has 0 saturated carbocycles. The first kappa shape index (κ1) is 14.2. The summed E-state index contributed by atoms with van der Waals surface area (Å²) < 4.78 is 0. The van der Waals surface area contributed by atoms with E-state index in [0.29, 0.717) is 5.92 Å². The van der Waals surface area contributed by atoms with Gasteiger partial charge in [0, 0.05) is 18.0 Å². The van der Waals surface area contributed by atoms with Gasteiger partial charge in [-0.3, -0.25) is 0 Å². The zero-order chi connectivity index (χ0) is 13.5. The van der Waals surface area contributed by atoms with Crippen molar-refractivity contribution in [2.24, 2.45) is 5.92 Å². The smallest absolute Gasteiger partial charge is 0.0928 e. The Morgan fingerprint density at radius 1 is 1.32 bits per heavy atom. The molecule has 2 rings (SSSR count). The number of hydrogen-bond donors (Lipinski definition) is 1. The number of hydrogen-bond acceptors (Lipinski definition) is 3. The molecule has 0 bridgehead atoms. The van der Waals surface area contributed by atoms with Gasteiger partial charge >= 0.3 is 0 Å². The van der Waals surface area contributed by atoms with E-state index in [1.165, 1.54) is 16.1 Å². The van der Waals surface area contributed by atoms with Crippen molar-refractivity contribution in [1.29, 1.82) is 0 Å². The van der Waals surface area contributed by atoms with Crippen LogP contribution in [-0.2, 0) is 12.8 Å². The van der Waals surface area contributed by atoms with Gasteiger partial charge in [-0.1, -0.05) is 36.8 Å². The third-order valence-corrected chi connectivity index (χ3v) is 4.04. The molecular formula is C16H22N2S. The van der Waals surface area contributed by atoms with Crippen molar-refractivity contribution in [2.45, 2.75) is 26.7 Å². The van der Waals surface area contributed by atoms with Gasteiger partial charge in [-0.15, -0.1) is 11.3 Å². The molecule has 2 aromatic rings. The van der Waals surface area contributed by atoms with Gasteiger partial charge in [-0.2, -0.15) is 0 Å². The van der Waals surface area contributed by atoms with E-state index in [4.69, 9.17) is 0 Å². The van der Waals surface area contributed by atoms with Gasteiger partial charge in [-0.25, -0.2) is 4.98 Å². The van der Waals surface area contributed by atoms with Crippen LogP contribution in [0, 0.1) is 12.8 Å². The molecule has 19 heavy (non-hydrogen) atoms. The Labute approximate surface area is 119 Å². The van der Waals surface area contributed by atoms with E-state index in [0.717, 1.165) is 25.9 Å². The second-order valence-electron chi connectivity index (χ2n) is 5.00. The highest BCUT2D eigenvalue weighted by molar-refractivity contribution is 7.09. The molecule has 1 N–H and O–H groups in total. The van der Waals surface area contributed by atoms with Crippen molar-refractivity contribution in [3.8, 4) is 0 Å². The summed E-state index contributed by atoms with van der Waals surface area (Å²) >= 11 is 1.76. The van der Waals surface area contributed by atoms with Gasteiger partial charge in [0.25, 0.3) is 0 Å². The molecule has 1 aromatic heterocycles. The van der Waals surface area contributed by atoms with Crippen LogP contribution in [0.2, 0.25) is 0 Å². The average Bonchev–Trinajstić information content (AvgIpc) is 2.89. The summed E-state index contributed by atoms with van der Waals surface area (Å²) in [4.78, 5) is 4.41. The lowest BCUT2D eigenvalue weighted by molar-refractivity contribution is 0.477. The van der Waals surface area contributed by atoms with Gasteiger partial charge in [0.15, 0.2) is 0 Å². The van der Waals surface area contributed by atoms with Gasteiger partial charge < -0.3 is 5.32 Å². The molecule has 0 aliphatic heterocycles. The van der Waals surface area contributed by atoms with Crippen molar-refractivity contribution < 1.29 is 0 Å². The van der Waals surface area contributed by atoms with E-state index in [1.54, 1.807) is 11.3 Å². The van der Waals surface area contributed by atoms with Crippen molar-refractivity contribution in [3.05, 3.63) is 52.0 Å². The number of rotatable bonds is 7. The molecular weight excluding hydrogens is 252 g/mol. The largest absolute Gasteiger partial charge is 0.317 e. The summed E-state index contributed by atoms with van der Waals surface area (Å²) in [6.07, 6.45) is 4.09. The number of aryl methyl sites for hydroxylation is 1. The minimum Gasteiger partial charge on any atom is -0.317 e. The van der Waals surface area contributed by atoms with Crippen LogP contribution in [0.3, 0.4) is 0 Å². The monoisotopic (exact) mass is 274 g/mol. The van der Waals surface area contributed by atoms with Crippen LogP contribution < -0.4 is 5.32 Å². The lowest BCUT2D eigenvalue weighted by Crippen LogP contribution is -2.25. The fraction of sp³-hybridized carbons (Fsp3) is 0.438. The average molecular weight is 274 g/mol. The third kappa shape index (κ3) is 4.77.